The van der Waals surface area contributed by atoms with E-state index in [1.54, 1.807) is 18.2 Å². The molecule has 5 N–H and O–H groups in total. The van der Waals surface area contributed by atoms with Crippen LogP contribution in [0.3, 0.4) is 0 Å². The van der Waals surface area contributed by atoms with E-state index in [9.17, 15) is 8.42 Å². The lowest BCUT2D eigenvalue weighted by molar-refractivity contribution is 0.417. The number of nitrogens with one attached hydrogen (secondary N) is 1. The maximum atomic E-state index is 10.7. The van der Waals surface area contributed by atoms with Crippen LogP contribution in [0.25, 0.3) is 0 Å². The molecule has 16 heavy (non-hydrogen) atoms. The van der Waals surface area contributed by atoms with Crippen LogP contribution < -0.4 is 20.9 Å². The second kappa shape index (κ2) is 5.04. The summed E-state index contributed by atoms with van der Waals surface area (Å²) in [5.74, 6) is 0.417. The number of primary sulfonamides is 1. The Labute approximate surface area is 94.6 Å². The molecule has 0 bridgehead atoms. The fourth-order valence-electron chi connectivity index (χ4n) is 1.16. The average Bonchev–Trinajstić information content (AvgIpc) is 2.18. The van der Waals surface area contributed by atoms with Gasteiger partial charge >= 0.3 is 0 Å². The average molecular weight is 245 g/mol. The molecule has 0 amide bonds. The van der Waals surface area contributed by atoms with E-state index in [0.29, 0.717) is 11.4 Å². The van der Waals surface area contributed by atoms with Crippen LogP contribution in [-0.2, 0) is 10.0 Å². The third-order valence-corrected chi connectivity index (χ3v) is 2.72. The fraction of sp³-hybridized carbons (Fsp3) is 0.333. The first kappa shape index (κ1) is 12.6. The lowest BCUT2D eigenvalue weighted by Crippen LogP contribution is -2.22. The molecule has 90 valence electrons. The second-order valence-electron chi connectivity index (χ2n) is 3.25. The van der Waals surface area contributed by atoms with Gasteiger partial charge in [0.05, 0.1) is 18.6 Å². The number of sulfonamides is 1. The van der Waals surface area contributed by atoms with Crippen LogP contribution in [0.5, 0.6) is 5.75 Å². The Balaban J connectivity index is 2.61. The highest BCUT2D eigenvalue weighted by molar-refractivity contribution is 7.89. The maximum absolute atomic E-state index is 10.7. The van der Waals surface area contributed by atoms with Crippen molar-refractivity contribution < 1.29 is 13.2 Å². The highest BCUT2D eigenvalue weighted by atomic mass is 32.2. The fourth-order valence-corrected chi connectivity index (χ4v) is 1.55. The van der Waals surface area contributed by atoms with Gasteiger partial charge in [-0.3, -0.25) is 0 Å². The van der Waals surface area contributed by atoms with Gasteiger partial charge < -0.3 is 15.8 Å². The molecule has 0 saturated carbocycles. The summed E-state index contributed by atoms with van der Waals surface area (Å²) in [6, 6.07) is 5.11. The monoisotopic (exact) mass is 245 g/mol. The van der Waals surface area contributed by atoms with Gasteiger partial charge in [0.25, 0.3) is 0 Å². The van der Waals surface area contributed by atoms with Crippen molar-refractivity contribution in [3.05, 3.63) is 18.2 Å². The van der Waals surface area contributed by atoms with Gasteiger partial charge in [-0.05, 0) is 12.1 Å². The zero-order valence-electron chi connectivity index (χ0n) is 8.93. The van der Waals surface area contributed by atoms with Crippen LogP contribution in [0.1, 0.15) is 0 Å². The highest BCUT2D eigenvalue weighted by Crippen LogP contribution is 2.24. The van der Waals surface area contributed by atoms with E-state index >= 15 is 0 Å². The van der Waals surface area contributed by atoms with Crippen molar-refractivity contribution in [2.24, 2.45) is 5.14 Å². The number of methoxy groups -OCH3 is 1. The molecule has 0 aliphatic heterocycles. The SMILES string of the molecule is COc1cc(NCCS(N)(=O)=O)ccc1N. The van der Waals surface area contributed by atoms with Crippen LogP contribution in [-0.4, -0.2) is 27.8 Å². The van der Waals surface area contributed by atoms with Crippen molar-refractivity contribution in [1.82, 2.24) is 0 Å². The first-order valence-electron chi connectivity index (χ1n) is 4.60. The van der Waals surface area contributed by atoms with Gasteiger partial charge in [-0.15, -0.1) is 0 Å². The zero-order valence-corrected chi connectivity index (χ0v) is 9.75. The van der Waals surface area contributed by atoms with Gasteiger partial charge in [-0.2, -0.15) is 0 Å². The third-order valence-electron chi connectivity index (χ3n) is 1.95. The number of hydrogen-bond acceptors (Lipinski definition) is 5. The quantitative estimate of drug-likeness (QED) is 0.632. The van der Waals surface area contributed by atoms with E-state index in [1.807, 2.05) is 0 Å². The van der Waals surface area contributed by atoms with Crippen molar-refractivity contribution in [3.63, 3.8) is 0 Å². The van der Waals surface area contributed by atoms with Crippen LogP contribution in [0.4, 0.5) is 11.4 Å². The summed E-state index contributed by atoms with van der Waals surface area (Å²) in [5.41, 5.74) is 6.89. The minimum atomic E-state index is -3.44. The van der Waals surface area contributed by atoms with Gasteiger partial charge in [0.2, 0.25) is 10.0 Å². The molecule has 0 heterocycles. The largest absolute Gasteiger partial charge is 0.495 e. The van der Waals surface area contributed by atoms with E-state index in [-0.39, 0.29) is 12.3 Å². The third kappa shape index (κ3) is 3.95. The van der Waals surface area contributed by atoms with Gasteiger partial charge in [0, 0.05) is 18.3 Å². The molecule has 0 aliphatic carbocycles. The van der Waals surface area contributed by atoms with Gasteiger partial charge in [0.1, 0.15) is 5.75 Å². The number of ether oxygens (including phenoxy) is 1. The lowest BCUT2D eigenvalue weighted by Gasteiger charge is -2.09. The number of benzene rings is 1. The lowest BCUT2D eigenvalue weighted by atomic mass is 10.2. The zero-order chi connectivity index (χ0) is 12.2. The topological polar surface area (TPSA) is 107 Å². The normalized spacial score (nSPS) is 11.1. The highest BCUT2D eigenvalue weighted by Gasteiger charge is 2.03. The molecule has 0 unspecified atom stereocenters. The number of hydrogen-bond donors (Lipinski definition) is 3. The molecule has 0 spiro atoms. The summed E-state index contributed by atoms with van der Waals surface area (Å²) in [6.07, 6.45) is 0. The molecule has 0 fully saturated rings. The second-order valence-corrected chi connectivity index (χ2v) is 4.98. The maximum Gasteiger partial charge on any atom is 0.210 e. The molecule has 1 aromatic rings. The van der Waals surface area contributed by atoms with Crippen molar-refractivity contribution in [2.75, 3.05) is 30.5 Å². The van der Waals surface area contributed by atoms with Crippen molar-refractivity contribution in [1.29, 1.82) is 0 Å². The Morgan fingerprint density at radius 3 is 2.69 bits per heavy atom. The van der Waals surface area contributed by atoms with Crippen LogP contribution in [0, 0.1) is 0 Å². The Kier molecular flexibility index (Phi) is 3.97. The minimum Gasteiger partial charge on any atom is -0.495 e. The number of nitrogens with two attached hydrogens (primary N) is 2. The summed E-state index contributed by atoms with van der Waals surface area (Å²) in [4.78, 5) is 0. The number of rotatable bonds is 5. The number of anilines is 2. The Bertz CT molecular complexity index is 459. The predicted octanol–water partition coefficient (Wildman–Crippen LogP) is -0.0222. The number of nitrogen functional groups attached to an aromatic ring is 1. The van der Waals surface area contributed by atoms with Crippen LogP contribution in [0.15, 0.2) is 18.2 Å². The Morgan fingerprint density at radius 1 is 1.44 bits per heavy atom. The van der Waals surface area contributed by atoms with Crippen LogP contribution in [0.2, 0.25) is 0 Å². The standard InChI is InChI=1S/C9H15N3O3S/c1-15-9-6-7(2-3-8(9)10)12-4-5-16(11,13)14/h2-3,6,12H,4-5,10H2,1H3,(H2,11,13,14). The summed E-state index contributed by atoms with van der Waals surface area (Å²) >= 11 is 0. The molecular formula is C9H15N3O3S. The minimum absolute atomic E-state index is 0.125. The van der Waals surface area contributed by atoms with E-state index in [1.165, 1.54) is 7.11 Å². The van der Waals surface area contributed by atoms with Gasteiger partial charge in [-0.25, -0.2) is 13.6 Å². The summed E-state index contributed by atoms with van der Waals surface area (Å²) in [7, 11) is -1.92. The first-order valence-corrected chi connectivity index (χ1v) is 6.32. The van der Waals surface area contributed by atoms with Crippen molar-refractivity contribution >= 4 is 21.4 Å². The molecule has 0 aliphatic rings. The van der Waals surface area contributed by atoms with E-state index in [0.717, 1.165) is 5.69 Å². The molecule has 0 radical (unpaired) electrons. The molecule has 0 aromatic heterocycles. The first-order chi connectivity index (χ1) is 7.42. The smallest absolute Gasteiger partial charge is 0.210 e. The Morgan fingerprint density at radius 2 is 2.12 bits per heavy atom. The van der Waals surface area contributed by atoms with E-state index in [2.05, 4.69) is 5.32 Å². The molecule has 1 aromatic carbocycles. The van der Waals surface area contributed by atoms with Gasteiger partial charge in [0.15, 0.2) is 0 Å². The Hall–Kier alpha value is -1.47. The molecule has 6 nitrogen and oxygen atoms in total. The van der Waals surface area contributed by atoms with Crippen molar-refractivity contribution in [2.45, 2.75) is 0 Å². The van der Waals surface area contributed by atoms with Gasteiger partial charge in [-0.1, -0.05) is 0 Å². The molecular weight excluding hydrogens is 230 g/mol. The summed E-state index contributed by atoms with van der Waals surface area (Å²) < 4.78 is 26.4. The predicted molar refractivity (Wildman–Crippen MR) is 63.9 cm³/mol. The summed E-state index contributed by atoms with van der Waals surface area (Å²) in [6.45, 7) is 0.242. The van der Waals surface area contributed by atoms with Crippen molar-refractivity contribution in [3.8, 4) is 5.75 Å². The molecule has 7 heteroatoms. The van der Waals surface area contributed by atoms with E-state index in [4.69, 9.17) is 15.6 Å². The molecule has 1 rings (SSSR count). The molecule has 0 saturated heterocycles. The molecule has 0 atom stereocenters. The van der Waals surface area contributed by atoms with E-state index < -0.39 is 10.0 Å². The summed E-state index contributed by atoms with van der Waals surface area (Å²) in [5, 5.41) is 7.78. The van der Waals surface area contributed by atoms with Crippen LogP contribution >= 0.6 is 0 Å².